The maximum atomic E-state index is 12.2. The lowest BCUT2D eigenvalue weighted by molar-refractivity contribution is -0.577. The number of aliphatic imine (C=N–C) groups is 2. The molecule has 1 saturated heterocycles. The lowest BCUT2D eigenvalue weighted by Gasteiger charge is -2.32. The molecule has 19 nitrogen and oxygen atoms in total. The average Bonchev–Trinajstić information content (AvgIpc) is 1.63. The van der Waals surface area contributed by atoms with Gasteiger partial charge in [0, 0.05) is 122 Å². The number of nitrogens with zero attached hydrogens (tertiary/aromatic N) is 7. The Morgan fingerprint density at radius 3 is 1.63 bits per heavy atom. The number of benzene rings is 6. The van der Waals surface area contributed by atoms with Gasteiger partial charge in [-0.2, -0.15) is 9.83 Å². The topological polar surface area (TPSA) is 291 Å². The highest BCUT2D eigenvalue weighted by Crippen LogP contribution is 2.39. The summed E-state index contributed by atoms with van der Waals surface area (Å²) in [6.07, 6.45) is 11.4. The second kappa shape index (κ2) is 44.9. The van der Waals surface area contributed by atoms with Crippen LogP contribution in [-0.2, 0) is 39.8 Å². The van der Waals surface area contributed by atoms with Gasteiger partial charge in [0.05, 0.1) is 67.5 Å². The van der Waals surface area contributed by atoms with Gasteiger partial charge in [-0.1, -0.05) is 178 Å². The number of pyridine rings is 4. The first-order chi connectivity index (χ1) is 53.5. The van der Waals surface area contributed by atoms with Gasteiger partial charge in [-0.25, -0.2) is 14.8 Å². The second-order valence-corrected chi connectivity index (χ2v) is 32.4. The summed E-state index contributed by atoms with van der Waals surface area (Å²) in [6, 6.07) is 62.7. The number of nitrogen functional groups attached to an aromatic ring is 2. The zero-order valence-corrected chi connectivity index (χ0v) is 69.5. The molecule has 16 rings (SSSR count). The zero-order valence-electron chi connectivity index (χ0n) is 60.8. The predicted octanol–water partition coefficient (Wildman–Crippen LogP) is 22.1. The molecule has 9 N–H and O–H groups in total. The summed E-state index contributed by atoms with van der Waals surface area (Å²) in [6.45, 7) is 11.5. The SMILES string of the molecule is C.C.C.CC1(C)OB(C2=CC=NC2)OC1(C)C.NCCc1cccs1.Nc1cc(NCCc2cccs2)c2ccc(-c3ccn[nH]3)cc2n1.Nc1cc(NCCc2cccs2)c2ccc(Br)cc2n1.O=C(Cc1cc(Cl)c2ccc(Br)cc2n1)c1ccccc1.O=C=NC(=O)c1ccccc1.[O-][n+]1ccc(Cl)c2ccc(Br)cc21. The third-order valence-electron chi connectivity index (χ3n) is 17.4. The van der Waals surface area contributed by atoms with Crippen molar-refractivity contribution in [2.75, 3.05) is 48.3 Å². The van der Waals surface area contributed by atoms with Gasteiger partial charge >= 0.3 is 7.12 Å². The number of isocyanates is 1. The Balaban J connectivity index is 0.000000188. The zero-order chi connectivity index (χ0) is 78.9. The molecule has 0 saturated carbocycles. The quantitative estimate of drug-likeness (QED) is 0.0131. The number of hydrogen-bond donors (Lipinski definition) is 6. The molecule has 0 radical (unpaired) electrons. The van der Waals surface area contributed by atoms with Crippen LogP contribution in [0, 0.1) is 5.21 Å². The fraction of sp³-hybridized carbons (Fsp3) is 0.198. The van der Waals surface area contributed by atoms with Crippen molar-refractivity contribution in [1.82, 2.24) is 25.1 Å². The Hall–Kier alpha value is -9.64. The number of fused-ring (bicyclic) bond motifs is 4. The maximum absolute atomic E-state index is 12.2. The number of aromatic nitrogens is 6. The molecular formula is C86H89BBr3Cl2N13O6S3. The molecule has 2 aliphatic heterocycles. The molecule has 10 heterocycles. The summed E-state index contributed by atoms with van der Waals surface area (Å²) in [5.74, 6) is 0.534. The van der Waals surface area contributed by atoms with Crippen molar-refractivity contribution in [3.05, 3.63) is 300 Å². The first-order valence-corrected chi connectivity index (χ1v) is 40.6. The molecule has 14 aromatic rings. The summed E-state index contributed by atoms with van der Waals surface area (Å²) in [5.41, 5.74) is 26.8. The number of rotatable bonds is 16. The number of H-pyrrole nitrogens is 1. The van der Waals surface area contributed by atoms with E-state index in [0.29, 0.717) is 50.6 Å². The molecule has 114 heavy (non-hydrogen) atoms. The van der Waals surface area contributed by atoms with E-state index in [2.05, 4.69) is 192 Å². The molecular weight excluding hydrogens is 1730 g/mol. The van der Waals surface area contributed by atoms with Crippen LogP contribution < -0.4 is 32.6 Å². The summed E-state index contributed by atoms with van der Waals surface area (Å²) < 4.78 is 15.4. The minimum atomic E-state index is -0.555. The van der Waals surface area contributed by atoms with Crippen molar-refractivity contribution in [3.63, 3.8) is 0 Å². The van der Waals surface area contributed by atoms with Gasteiger partial charge in [-0.3, -0.25) is 24.7 Å². The summed E-state index contributed by atoms with van der Waals surface area (Å²) in [7, 11) is -0.220. The van der Waals surface area contributed by atoms with Gasteiger partial charge in [0.2, 0.25) is 11.6 Å². The highest BCUT2D eigenvalue weighted by Gasteiger charge is 2.52. The number of carbonyl (C=O) groups is 2. The lowest BCUT2D eigenvalue weighted by Crippen LogP contribution is -2.41. The van der Waals surface area contributed by atoms with E-state index in [4.69, 9.17) is 49.7 Å². The van der Waals surface area contributed by atoms with Gasteiger partial charge in [-0.05, 0) is 172 Å². The van der Waals surface area contributed by atoms with E-state index in [1.807, 2.05) is 103 Å². The van der Waals surface area contributed by atoms with Crippen LogP contribution in [0.1, 0.15) is 91.0 Å². The van der Waals surface area contributed by atoms with Crippen molar-refractivity contribution in [3.8, 4) is 11.3 Å². The largest absolute Gasteiger partial charge is 0.618 e. The highest BCUT2D eigenvalue weighted by atomic mass is 79.9. The number of amides is 1. The van der Waals surface area contributed by atoms with Crippen LogP contribution in [0.4, 0.5) is 23.0 Å². The maximum Gasteiger partial charge on any atom is 0.492 e. The predicted molar refractivity (Wildman–Crippen MR) is 489 cm³/mol. The van der Waals surface area contributed by atoms with Crippen molar-refractivity contribution in [2.45, 2.75) is 86.9 Å². The summed E-state index contributed by atoms with van der Waals surface area (Å²) in [4.78, 5) is 57.3. The molecule has 1 fully saturated rings. The van der Waals surface area contributed by atoms with Crippen LogP contribution in [0.2, 0.25) is 10.0 Å². The third kappa shape index (κ3) is 26.5. The standard InChI is InChI=1S/C18H17N5S.C17H11BrClNO.C15H14BrN3S.C10H16BNO2.C9H5BrClNO.C8H5NO2.C6H9NS.3CH4/c19-18-11-16(20-7-5-13-2-1-9-24-13)14-4-3-12(10-17(14)22-18)15-6-8-21-23-15;18-12-6-7-14-15(19)9-13(20-16(14)8-12)10-17(21)11-4-2-1-3-5-11;16-10-3-4-12-13(9-15(17)19-14(12)8-10)18-6-5-11-2-1-7-20-11;1-9(2)10(3,4)14-11(13-9)8-5-6-12-7-8;10-6-1-2-7-8(11)3-4-12(13)9(7)5-6;10-6-9-8(11)7-4-2-1-3-5-7;7-4-3-6-2-1-5-8-6;;;/h1-4,6,8-11H,5,7H2,(H,21,23)(H3,19,20,22);1-9H,10H2;1-4,7-9H,5-6H2,(H3,17,18,19);5-6H,7H2,1-4H3;1-5H;1-5H;1-2,5H,3-4,7H2;3*1H4. The average molecular weight is 1820 g/mol. The van der Waals surface area contributed by atoms with Crippen LogP contribution in [-0.4, -0.2) is 93.6 Å². The van der Waals surface area contributed by atoms with Crippen LogP contribution in [0.3, 0.4) is 0 Å². The number of thiophene rings is 3. The second-order valence-electron chi connectivity index (χ2n) is 25.8. The van der Waals surface area contributed by atoms with Gasteiger partial charge < -0.3 is 42.4 Å². The van der Waals surface area contributed by atoms with E-state index < -0.39 is 5.91 Å². The summed E-state index contributed by atoms with van der Waals surface area (Å²) in [5, 5.41) is 36.5. The van der Waals surface area contributed by atoms with E-state index in [0.717, 1.165) is 123 Å². The van der Waals surface area contributed by atoms with Gasteiger partial charge in [0.1, 0.15) is 11.6 Å². The first kappa shape index (κ1) is 91.5. The van der Waals surface area contributed by atoms with E-state index >= 15 is 0 Å². The van der Waals surface area contributed by atoms with E-state index in [9.17, 15) is 19.6 Å². The number of ketones is 1. The van der Waals surface area contributed by atoms with Crippen LogP contribution in [0.15, 0.2) is 264 Å². The number of carbonyl (C=O) groups excluding carboxylic acids is 3. The van der Waals surface area contributed by atoms with Crippen molar-refractivity contribution in [1.29, 1.82) is 0 Å². The van der Waals surface area contributed by atoms with Crippen molar-refractivity contribution >= 4 is 203 Å². The van der Waals surface area contributed by atoms with Crippen LogP contribution >= 0.6 is 105 Å². The molecule has 0 spiro atoms. The van der Waals surface area contributed by atoms with Gasteiger partial charge in [0.25, 0.3) is 5.91 Å². The fourth-order valence-corrected chi connectivity index (χ4v) is 14.8. The molecule has 8 aromatic heterocycles. The molecule has 0 bridgehead atoms. The van der Waals surface area contributed by atoms with E-state index in [-0.39, 0.29) is 52.8 Å². The Kier molecular flexibility index (Phi) is 36.0. The summed E-state index contributed by atoms with van der Waals surface area (Å²) >= 11 is 27.7. The molecule has 0 aliphatic carbocycles. The Morgan fingerprint density at radius 1 is 0.614 bits per heavy atom. The monoisotopic (exact) mass is 1810 g/mol. The number of nitrogens with one attached hydrogen (secondary N) is 3. The number of allylic oxidation sites excluding steroid dienone is 1. The number of nitrogens with two attached hydrogens (primary N) is 3. The van der Waals surface area contributed by atoms with E-state index in [1.165, 1.54) is 26.9 Å². The molecule has 0 unspecified atom stereocenters. The molecule has 0 atom stereocenters. The normalized spacial score (nSPS) is 12.4. The smallest absolute Gasteiger partial charge is 0.492 e. The van der Waals surface area contributed by atoms with Crippen molar-refractivity contribution < 1.29 is 28.4 Å². The fourth-order valence-electron chi connectivity index (χ4n) is 11.1. The molecule has 28 heteroatoms. The van der Waals surface area contributed by atoms with Crippen molar-refractivity contribution in [2.24, 2.45) is 15.7 Å². The Labute approximate surface area is 712 Å². The highest BCUT2D eigenvalue weighted by molar-refractivity contribution is 9.11. The van der Waals surface area contributed by atoms with Gasteiger partial charge in [-0.15, -0.1) is 39.0 Å². The number of Topliss-reactive ketones (excluding diaryl/α,β-unsaturated/α-hetero) is 1. The Morgan fingerprint density at radius 2 is 1.12 bits per heavy atom. The minimum Gasteiger partial charge on any atom is -0.618 e. The van der Waals surface area contributed by atoms with Crippen LogP contribution in [0.25, 0.3) is 54.9 Å². The first-order valence-electron chi connectivity index (χ1n) is 34.9. The lowest BCUT2D eigenvalue weighted by atomic mass is 9.79. The van der Waals surface area contributed by atoms with Gasteiger partial charge in [0.15, 0.2) is 12.0 Å². The molecule has 590 valence electrons. The number of anilines is 4. The Bertz CT molecular complexity index is 5520. The number of halogens is 5. The molecule has 1 amide bonds. The molecule has 6 aromatic carbocycles. The van der Waals surface area contributed by atoms with Crippen LogP contribution in [0.5, 0.6) is 0 Å². The number of aromatic amines is 1. The number of hydrogen-bond acceptors (Lipinski definition) is 19. The minimum absolute atomic E-state index is 0. The van der Waals surface area contributed by atoms with E-state index in [1.54, 1.807) is 95.0 Å². The third-order valence-corrected chi connectivity index (χ3v) is 22.3. The molecule has 2 aliphatic rings.